The average molecular weight is 730 g/mol. The van der Waals surface area contributed by atoms with Gasteiger partial charge in [0.2, 0.25) is 5.69 Å². The lowest BCUT2D eigenvalue weighted by atomic mass is 9.79. The predicted octanol–water partition coefficient (Wildman–Crippen LogP) is 13.7. The fourth-order valence-corrected chi connectivity index (χ4v) is 9.64. The fourth-order valence-electron chi connectivity index (χ4n) is 9.31. The van der Waals surface area contributed by atoms with E-state index < -0.39 is 0 Å². The molecular weight excluding hydrogens is 676 g/mol. The molecule has 0 radical (unpaired) electrons. The Morgan fingerprint density at radius 2 is 1.26 bits per heavy atom. The van der Waals surface area contributed by atoms with Crippen LogP contribution in [0.4, 0.5) is 11.4 Å². The molecule has 0 aromatic heterocycles. The van der Waals surface area contributed by atoms with Gasteiger partial charge in [-0.1, -0.05) is 138 Å². The number of fused-ring (bicyclic) bond motifs is 7. The molecule has 3 aliphatic rings. The first kappa shape index (κ1) is 36.3. The number of allylic oxidation sites excluding steroid dienone is 8. The molecule has 0 atom stereocenters. The molecule has 0 saturated carbocycles. The van der Waals surface area contributed by atoms with Crippen LogP contribution in [0.25, 0.3) is 32.7 Å². The normalized spacial score (nSPS) is 18.8. The highest BCUT2D eigenvalue weighted by molar-refractivity contribution is 6.42. The summed E-state index contributed by atoms with van der Waals surface area (Å²) < 4.78 is 2.57. The van der Waals surface area contributed by atoms with Crippen molar-refractivity contribution in [3.8, 4) is 0 Å². The van der Waals surface area contributed by atoms with Crippen molar-refractivity contribution in [3.63, 3.8) is 0 Å². The van der Waals surface area contributed by atoms with Crippen molar-refractivity contribution in [1.29, 1.82) is 0 Å². The molecule has 0 unspecified atom stereocenters. The van der Waals surface area contributed by atoms with Gasteiger partial charge in [-0.25, -0.2) is 0 Å². The monoisotopic (exact) mass is 729 g/mol. The first-order valence-corrected chi connectivity index (χ1v) is 20.3. The van der Waals surface area contributed by atoms with Crippen molar-refractivity contribution in [2.75, 3.05) is 18.0 Å². The van der Waals surface area contributed by atoms with Gasteiger partial charge < -0.3 is 4.90 Å². The Morgan fingerprint density at radius 3 is 1.94 bits per heavy atom. The fraction of sp³-hybridized carbons (Fsp3) is 0.314. The Balaban J connectivity index is 1.23. The molecule has 0 spiro atoms. The van der Waals surface area contributed by atoms with Crippen LogP contribution in [0.3, 0.4) is 0 Å². The first-order valence-electron chi connectivity index (χ1n) is 20.0. The van der Waals surface area contributed by atoms with Gasteiger partial charge in [0.15, 0.2) is 5.71 Å². The van der Waals surface area contributed by atoms with Crippen LogP contribution in [0.15, 0.2) is 132 Å². The zero-order valence-electron chi connectivity index (χ0n) is 33.3. The van der Waals surface area contributed by atoms with Crippen LogP contribution in [0.2, 0.25) is 0 Å². The van der Waals surface area contributed by atoms with Crippen LogP contribution in [0.5, 0.6) is 0 Å². The molecule has 0 bridgehead atoms. The third kappa shape index (κ3) is 5.98. The van der Waals surface area contributed by atoms with Crippen LogP contribution in [-0.4, -0.2) is 23.4 Å². The van der Waals surface area contributed by atoms with Crippen molar-refractivity contribution >= 4 is 61.4 Å². The molecule has 0 fully saturated rings. The van der Waals surface area contributed by atoms with Gasteiger partial charge in [-0.2, -0.15) is 4.58 Å². The van der Waals surface area contributed by atoms with Gasteiger partial charge in [-0.05, 0) is 94.6 Å². The van der Waals surface area contributed by atoms with E-state index in [0.717, 1.165) is 42.1 Å². The molecule has 0 amide bonds. The summed E-state index contributed by atoms with van der Waals surface area (Å²) in [6.07, 6.45) is 11.6. The highest BCUT2D eigenvalue weighted by atomic mass is 35.5. The van der Waals surface area contributed by atoms with Gasteiger partial charge in [0.1, 0.15) is 6.54 Å². The molecule has 5 aromatic carbocycles. The second-order valence-electron chi connectivity index (χ2n) is 17.4. The zero-order chi connectivity index (χ0) is 37.9. The highest BCUT2D eigenvalue weighted by Crippen LogP contribution is 2.52. The van der Waals surface area contributed by atoms with Gasteiger partial charge in [0.25, 0.3) is 0 Å². The molecule has 2 aliphatic heterocycles. The van der Waals surface area contributed by atoms with Crippen molar-refractivity contribution in [2.24, 2.45) is 11.8 Å². The van der Waals surface area contributed by atoms with E-state index in [2.05, 4.69) is 186 Å². The molecule has 1 aliphatic carbocycles. The van der Waals surface area contributed by atoms with E-state index >= 15 is 0 Å². The van der Waals surface area contributed by atoms with E-state index in [0.29, 0.717) is 11.8 Å². The largest absolute Gasteiger partial charge is 0.344 e. The summed E-state index contributed by atoms with van der Waals surface area (Å²) in [7, 11) is 0. The first-order chi connectivity index (χ1) is 25.9. The Hall–Kier alpha value is -4.66. The Kier molecular flexibility index (Phi) is 9.34. The van der Waals surface area contributed by atoms with E-state index in [1.54, 1.807) is 0 Å². The molecule has 5 aromatic rings. The predicted molar refractivity (Wildman–Crippen MR) is 234 cm³/mol. The lowest BCUT2D eigenvalue weighted by Crippen LogP contribution is -2.28. The van der Waals surface area contributed by atoms with Crippen molar-refractivity contribution in [1.82, 2.24) is 0 Å². The molecule has 2 nitrogen and oxygen atoms in total. The van der Waals surface area contributed by atoms with Crippen molar-refractivity contribution in [2.45, 2.75) is 79.1 Å². The maximum atomic E-state index is 7.53. The Labute approximate surface area is 327 Å². The number of anilines is 1. The van der Waals surface area contributed by atoms with E-state index in [1.807, 2.05) is 0 Å². The summed E-state index contributed by atoms with van der Waals surface area (Å²) in [5.74, 6) is 1.22. The lowest BCUT2D eigenvalue weighted by Gasteiger charge is -2.27. The topological polar surface area (TPSA) is 6.25 Å². The molecule has 3 heteroatoms. The Morgan fingerprint density at radius 1 is 0.648 bits per heavy atom. The van der Waals surface area contributed by atoms with Gasteiger partial charge in [-0.15, -0.1) is 0 Å². The van der Waals surface area contributed by atoms with Crippen LogP contribution in [0, 0.1) is 11.8 Å². The van der Waals surface area contributed by atoms with Crippen molar-refractivity contribution < 1.29 is 4.58 Å². The maximum absolute atomic E-state index is 7.53. The quantitative estimate of drug-likeness (QED) is 0.137. The minimum absolute atomic E-state index is 0.176. The van der Waals surface area contributed by atoms with E-state index in [4.69, 9.17) is 11.6 Å². The highest BCUT2D eigenvalue weighted by Gasteiger charge is 2.46. The lowest BCUT2D eigenvalue weighted by molar-refractivity contribution is -0.439. The summed E-state index contributed by atoms with van der Waals surface area (Å²) >= 11 is 7.53. The van der Waals surface area contributed by atoms with Gasteiger partial charge >= 0.3 is 0 Å². The van der Waals surface area contributed by atoms with Crippen LogP contribution >= 0.6 is 11.6 Å². The molecule has 0 saturated heterocycles. The molecule has 274 valence electrons. The number of hydrogen-bond acceptors (Lipinski definition) is 1. The smallest absolute Gasteiger partial charge is 0.210 e. The summed E-state index contributed by atoms with van der Waals surface area (Å²) in [5, 5.41) is 6.08. The van der Waals surface area contributed by atoms with Crippen LogP contribution < -0.4 is 4.90 Å². The van der Waals surface area contributed by atoms with Gasteiger partial charge in [0.05, 0.1) is 10.4 Å². The van der Waals surface area contributed by atoms with E-state index in [9.17, 15) is 0 Å². The summed E-state index contributed by atoms with van der Waals surface area (Å²) in [6.45, 7) is 20.8. The standard InChI is InChI=1S/C51H54ClN2/c1-33(2)29-31-53-43-25-21-35-15-9-11-17-37(35)47(43)50(5,6)45(53)27-23-41-39-19-13-14-20-40(39)42(49(41)52)24-28-46-51(7,8)48-38-18-12-10-16-36(38)22-26-44(48)54(46)32-30-34(3)4/h9-28,33-34H,29-32H2,1-8H3/q+1. The van der Waals surface area contributed by atoms with Gasteiger partial charge in [0, 0.05) is 58.6 Å². The minimum atomic E-state index is -0.176. The molecular formula is C51H54ClN2+. The van der Waals surface area contributed by atoms with E-state index in [1.165, 1.54) is 66.6 Å². The minimum Gasteiger partial charge on any atom is -0.344 e. The summed E-state index contributed by atoms with van der Waals surface area (Å²) in [4.78, 5) is 2.57. The molecule has 0 N–H and O–H groups in total. The summed E-state index contributed by atoms with van der Waals surface area (Å²) in [6, 6.07) is 35.6. The summed E-state index contributed by atoms with van der Waals surface area (Å²) in [5.41, 5.74) is 12.3. The average Bonchev–Trinajstić information content (AvgIpc) is 3.64. The number of nitrogens with zero attached hydrogens (tertiary/aromatic N) is 2. The Bertz CT molecular complexity index is 2460. The number of hydrogen-bond donors (Lipinski definition) is 0. The van der Waals surface area contributed by atoms with Crippen LogP contribution in [0.1, 0.15) is 90.5 Å². The number of rotatable bonds is 9. The van der Waals surface area contributed by atoms with E-state index in [-0.39, 0.29) is 10.8 Å². The molecule has 54 heavy (non-hydrogen) atoms. The molecule has 2 heterocycles. The zero-order valence-corrected chi connectivity index (χ0v) is 34.1. The van der Waals surface area contributed by atoms with Crippen molar-refractivity contribution in [3.05, 3.63) is 154 Å². The number of halogens is 1. The second-order valence-corrected chi connectivity index (χ2v) is 17.8. The third-order valence-corrected chi connectivity index (χ3v) is 12.6. The maximum Gasteiger partial charge on any atom is 0.210 e. The SMILES string of the molecule is CC(C)CCN1/C(=C/C=C2C(Cl)=C(/C=C/C3=[N+](CCC(C)C)c4ccc5ccccc5c4C3(C)C)c3ccccc3/2)C(C)(C)c2c1ccc1ccccc21. The molecule has 8 rings (SSSR count). The number of benzene rings is 5. The second kappa shape index (κ2) is 13.9. The van der Waals surface area contributed by atoms with Gasteiger partial charge in [-0.3, -0.25) is 0 Å². The third-order valence-electron chi connectivity index (χ3n) is 12.2. The van der Waals surface area contributed by atoms with Crippen LogP contribution in [-0.2, 0) is 10.8 Å².